The van der Waals surface area contributed by atoms with Crippen LogP contribution in [-0.2, 0) is 4.79 Å². The molecule has 1 aromatic carbocycles. The average molecular weight is 267 g/mol. The van der Waals surface area contributed by atoms with Gasteiger partial charge >= 0.3 is 0 Å². The van der Waals surface area contributed by atoms with Gasteiger partial charge < -0.3 is 15.2 Å². The lowest BCUT2D eigenvalue weighted by molar-refractivity contribution is -0.299. The molecule has 0 unspecified atom stereocenters. The minimum atomic E-state index is -1.46. The molecule has 0 aliphatic heterocycles. The van der Waals surface area contributed by atoms with Gasteiger partial charge in [-0.3, -0.25) is 9.78 Å². The van der Waals surface area contributed by atoms with Crippen LogP contribution in [0.4, 0.5) is 0 Å². The van der Waals surface area contributed by atoms with Gasteiger partial charge in [-0.05, 0) is 29.8 Å². The van der Waals surface area contributed by atoms with Crippen molar-refractivity contribution in [3.8, 4) is 0 Å². The number of carbonyl (C=O) groups is 2. The summed E-state index contributed by atoms with van der Waals surface area (Å²) in [7, 11) is 0. The van der Waals surface area contributed by atoms with Gasteiger partial charge in [0.05, 0.1) is 11.7 Å². The van der Waals surface area contributed by atoms with Crippen LogP contribution in [0.25, 0.3) is 6.08 Å². The van der Waals surface area contributed by atoms with Crippen LogP contribution in [0.15, 0.2) is 60.6 Å². The van der Waals surface area contributed by atoms with Gasteiger partial charge in [-0.25, -0.2) is 0 Å². The van der Waals surface area contributed by atoms with Gasteiger partial charge in [-0.2, -0.15) is 0 Å². The summed E-state index contributed by atoms with van der Waals surface area (Å²) in [6.45, 7) is 0. The molecule has 0 saturated heterocycles. The lowest BCUT2D eigenvalue weighted by atomic mass is 10.2. The number of amides is 1. The molecule has 2 aromatic rings. The van der Waals surface area contributed by atoms with Crippen molar-refractivity contribution in [2.75, 3.05) is 0 Å². The zero-order valence-electron chi connectivity index (χ0n) is 10.4. The van der Waals surface area contributed by atoms with Gasteiger partial charge in [0.2, 0.25) is 0 Å². The smallest absolute Gasteiger partial charge is 0.255 e. The van der Waals surface area contributed by atoms with Crippen molar-refractivity contribution in [1.82, 2.24) is 10.3 Å². The summed E-state index contributed by atoms with van der Waals surface area (Å²) in [5.74, 6) is -1.97. The summed E-state index contributed by atoms with van der Waals surface area (Å²) >= 11 is 0. The van der Waals surface area contributed by atoms with Crippen LogP contribution in [0.5, 0.6) is 0 Å². The third kappa shape index (κ3) is 3.52. The van der Waals surface area contributed by atoms with Crippen LogP contribution in [0.2, 0.25) is 0 Å². The fourth-order valence-electron chi connectivity index (χ4n) is 1.56. The molecule has 5 nitrogen and oxygen atoms in total. The maximum atomic E-state index is 11.9. The molecule has 100 valence electrons. The summed E-state index contributed by atoms with van der Waals surface area (Å²) in [4.78, 5) is 26.8. The van der Waals surface area contributed by atoms with Crippen LogP contribution in [0, 0.1) is 0 Å². The molecule has 0 saturated carbocycles. The van der Waals surface area contributed by atoms with Crippen LogP contribution < -0.4 is 10.4 Å². The zero-order chi connectivity index (χ0) is 14.4. The Bertz CT molecular complexity index is 637. The number of nitrogens with one attached hydrogen (secondary N) is 1. The van der Waals surface area contributed by atoms with Crippen molar-refractivity contribution < 1.29 is 14.7 Å². The van der Waals surface area contributed by atoms with Gasteiger partial charge in [0.1, 0.15) is 0 Å². The first-order valence-corrected chi connectivity index (χ1v) is 5.86. The number of benzene rings is 1. The molecule has 1 amide bonds. The molecule has 5 heteroatoms. The van der Waals surface area contributed by atoms with E-state index in [0.717, 1.165) is 0 Å². The fourth-order valence-corrected chi connectivity index (χ4v) is 1.56. The summed E-state index contributed by atoms with van der Waals surface area (Å²) in [5.41, 5.74) is 0.609. The van der Waals surface area contributed by atoms with Gasteiger partial charge in [0, 0.05) is 18.0 Å². The first-order chi connectivity index (χ1) is 9.66. The summed E-state index contributed by atoms with van der Waals surface area (Å²) in [6.07, 6.45) is 4.35. The Morgan fingerprint density at radius 1 is 1.10 bits per heavy atom. The first-order valence-electron chi connectivity index (χ1n) is 5.86. The number of aliphatic carboxylic acids is 1. The number of carboxylic acid groups (broad SMARTS) is 1. The number of carboxylic acids is 1. The number of rotatable bonds is 4. The molecule has 1 aromatic heterocycles. The van der Waals surface area contributed by atoms with Crippen LogP contribution in [0.3, 0.4) is 0 Å². The van der Waals surface area contributed by atoms with E-state index in [4.69, 9.17) is 0 Å². The highest BCUT2D eigenvalue weighted by atomic mass is 16.4. The predicted octanol–water partition coefficient (Wildman–Crippen LogP) is 0.602. The second kappa shape index (κ2) is 6.29. The molecule has 2 rings (SSSR count). The normalized spacial score (nSPS) is 10.9. The Labute approximate surface area is 115 Å². The molecule has 1 heterocycles. The molecule has 20 heavy (non-hydrogen) atoms. The molecule has 0 aliphatic carbocycles. The largest absolute Gasteiger partial charge is 0.543 e. The summed E-state index contributed by atoms with van der Waals surface area (Å²) in [5, 5.41) is 13.4. The number of nitrogens with zero attached hydrogens (tertiary/aromatic N) is 1. The number of aromatic nitrogens is 1. The van der Waals surface area contributed by atoms with Gasteiger partial charge in [0.15, 0.2) is 0 Å². The van der Waals surface area contributed by atoms with Crippen LogP contribution >= 0.6 is 0 Å². The van der Waals surface area contributed by atoms with Gasteiger partial charge in [-0.15, -0.1) is 0 Å². The van der Waals surface area contributed by atoms with E-state index < -0.39 is 11.9 Å². The van der Waals surface area contributed by atoms with E-state index in [1.165, 1.54) is 12.3 Å². The number of pyridine rings is 1. The Morgan fingerprint density at radius 3 is 2.45 bits per heavy atom. The van der Waals surface area contributed by atoms with E-state index in [-0.39, 0.29) is 5.70 Å². The number of hydrogen-bond acceptors (Lipinski definition) is 4. The van der Waals surface area contributed by atoms with E-state index in [2.05, 4.69) is 10.3 Å². The highest BCUT2D eigenvalue weighted by Gasteiger charge is 2.08. The third-order valence-electron chi connectivity index (χ3n) is 2.50. The first kappa shape index (κ1) is 13.5. The van der Waals surface area contributed by atoms with Gasteiger partial charge in [-0.1, -0.05) is 24.3 Å². The second-order valence-corrected chi connectivity index (χ2v) is 3.95. The quantitative estimate of drug-likeness (QED) is 0.822. The molecule has 0 radical (unpaired) electrons. The maximum Gasteiger partial charge on any atom is 0.255 e. The van der Waals surface area contributed by atoms with Crippen molar-refractivity contribution in [3.05, 3.63) is 71.7 Å². The molecule has 0 aliphatic rings. The summed E-state index contributed by atoms with van der Waals surface area (Å²) in [6, 6.07) is 11.7. The van der Waals surface area contributed by atoms with Crippen molar-refractivity contribution >= 4 is 18.0 Å². The third-order valence-corrected chi connectivity index (χ3v) is 2.50. The Morgan fingerprint density at radius 2 is 1.85 bits per heavy atom. The Balaban J connectivity index is 2.21. The minimum Gasteiger partial charge on any atom is -0.543 e. The van der Waals surface area contributed by atoms with E-state index in [9.17, 15) is 14.7 Å². The molecular weight excluding hydrogens is 256 g/mol. The Hall–Kier alpha value is -2.95. The van der Waals surface area contributed by atoms with E-state index in [1.807, 2.05) is 0 Å². The highest BCUT2D eigenvalue weighted by Crippen LogP contribution is 2.05. The van der Waals surface area contributed by atoms with Crippen LogP contribution in [0.1, 0.15) is 15.9 Å². The summed E-state index contributed by atoms with van der Waals surface area (Å²) < 4.78 is 0. The topological polar surface area (TPSA) is 82.1 Å². The lowest BCUT2D eigenvalue weighted by Crippen LogP contribution is -2.35. The van der Waals surface area contributed by atoms with Crippen molar-refractivity contribution in [2.24, 2.45) is 0 Å². The lowest BCUT2D eigenvalue weighted by Gasteiger charge is -2.10. The molecule has 0 spiro atoms. The predicted molar refractivity (Wildman–Crippen MR) is 71.1 cm³/mol. The molecule has 0 atom stereocenters. The monoisotopic (exact) mass is 267 g/mol. The molecule has 0 bridgehead atoms. The molecule has 0 fully saturated rings. The number of carbonyl (C=O) groups excluding carboxylic acids is 2. The van der Waals surface area contributed by atoms with Crippen molar-refractivity contribution in [3.63, 3.8) is 0 Å². The van der Waals surface area contributed by atoms with E-state index in [0.29, 0.717) is 11.1 Å². The molecule has 1 N–H and O–H groups in total. The number of hydrogen-bond donors (Lipinski definition) is 1. The molecular formula is C15H11N2O3-. The fraction of sp³-hybridized carbons (Fsp3) is 0. The van der Waals surface area contributed by atoms with Crippen molar-refractivity contribution in [2.45, 2.75) is 0 Å². The van der Waals surface area contributed by atoms with E-state index in [1.54, 1.807) is 48.7 Å². The maximum absolute atomic E-state index is 11.9. The minimum absolute atomic E-state index is 0.313. The average Bonchev–Trinajstić information content (AvgIpc) is 2.48. The van der Waals surface area contributed by atoms with Crippen molar-refractivity contribution in [1.29, 1.82) is 0 Å². The zero-order valence-corrected chi connectivity index (χ0v) is 10.4. The second-order valence-electron chi connectivity index (χ2n) is 3.95. The van der Waals surface area contributed by atoms with Crippen LogP contribution in [-0.4, -0.2) is 16.9 Å². The van der Waals surface area contributed by atoms with E-state index >= 15 is 0 Å². The standard InChI is InChI=1S/C15H12N2O3/c18-14(12-6-2-1-3-7-12)17-13(15(19)20)9-11-5-4-8-16-10-11/h1-10H,(H,17,18)(H,19,20)/p-1/b13-9-. The SMILES string of the molecule is O=C([O-])/C(=C/c1cccnc1)NC(=O)c1ccccc1. The highest BCUT2D eigenvalue weighted by molar-refractivity contribution is 6.02. The Kier molecular flexibility index (Phi) is 4.24. The van der Waals surface area contributed by atoms with Gasteiger partial charge in [0.25, 0.3) is 5.91 Å².